The lowest BCUT2D eigenvalue weighted by atomic mass is 9.94. The fourth-order valence-corrected chi connectivity index (χ4v) is 2.94. The normalized spacial score (nSPS) is 24.1. The van der Waals surface area contributed by atoms with Gasteiger partial charge in [-0.1, -0.05) is 0 Å². The van der Waals surface area contributed by atoms with E-state index in [1.165, 1.54) is 0 Å². The number of pyridine rings is 1. The summed E-state index contributed by atoms with van der Waals surface area (Å²) in [5.41, 5.74) is 2.64. The van der Waals surface area contributed by atoms with Crippen molar-refractivity contribution in [2.75, 3.05) is 18.5 Å². The van der Waals surface area contributed by atoms with Crippen molar-refractivity contribution in [3.63, 3.8) is 0 Å². The number of hydrogen-bond donors (Lipinski definition) is 2. The van der Waals surface area contributed by atoms with Gasteiger partial charge in [0.2, 0.25) is 0 Å². The number of nitrogens with one attached hydrogen (secondary N) is 1. The maximum Gasteiger partial charge on any atom is 0.311 e. The van der Waals surface area contributed by atoms with Gasteiger partial charge in [0.05, 0.1) is 24.8 Å². The molecule has 2 unspecified atom stereocenters. The van der Waals surface area contributed by atoms with Gasteiger partial charge >= 0.3 is 5.97 Å². The molecule has 2 heterocycles. The van der Waals surface area contributed by atoms with Crippen molar-refractivity contribution in [3.05, 3.63) is 22.9 Å². The van der Waals surface area contributed by atoms with Crippen LogP contribution < -0.4 is 5.32 Å². The van der Waals surface area contributed by atoms with Crippen molar-refractivity contribution >= 4 is 11.8 Å². The van der Waals surface area contributed by atoms with Gasteiger partial charge in [-0.3, -0.25) is 4.79 Å². The Balaban J connectivity index is 1.88. The van der Waals surface area contributed by atoms with Gasteiger partial charge in [0, 0.05) is 5.69 Å². The van der Waals surface area contributed by atoms with Crippen LogP contribution in [0.1, 0.15) is 29.7 Å². The minimum atomic E-state index is -0.888. The van der Waals surface area contributed by atoms with Crippen molar-refractivity contribution in [1.29, 1.82) is 5.26 Å². The summed E-state index contributed by atoms with van der Waals surface area (Å²) in [6, 6.07) is 3.69. The number of anilines is 1. The number of nitrogens with zero attached hydrogens (tertiary/aromatic N) is 2. The first kappa shape index (κ1) is 13.8. The molecule has 0 bridgehead atoms. The minimum Gasteiger partial charge on any atom is -0.481 e. The van der Waals surface area contributed by atoms with Gasteiger partial charge in [0.1, 0.15) is 17.8 Å². The first-order valence-electron chi connectivity index (χ1n) is 7.19. The summed E-state index contributed by atoms with van der Waals surface area (Å²) in [6.45, 7) is 0.514. The van der Waals surface area contributed by atoms with E-state index < -0.39 is 11.9 Å². The fourth-order valence-electron chi connectivity index (χ4n) is 2.94. The second-order valence-electron chi connectivity index (χ2n) is 5.54. The van der Waals surface area contributed by atoms with Gasteiger partial charge in [-0.05, 0) is 37.3 Å². The topological polar surface area (TPSA) is 95.2 Å². The number of carboxylic acid groups (broad SMARTS) is 1. The molecule has 0 spiro atoms. The van der Waals surface area contributed by atoms with Crippen LogP contribution >= 0.6 is 0 Å². The van der Waals surface area contributed by atoms with Gasteiger partial charge in [0.15, 0.2) is 0 Å². The number of carbonyl (C=O) groups is 1. The molecule has 3 rings (SSSR count). The Morgan fingerprint density at radius 1 is 1.43 bits per heavy atom. The number of rotatable bonds is 3. The van der Waals surface area contributed by atoms with Crippen LogP contribution in [-0.4, -0.2) is 35.3 Å². The molecule has 0 aromatic carbocycles. The number of carboxylic acids is 1. The Hall–Kier alpha value is -2.13. The molecule has 0 saturated carbocycles. The third-order valence-electron chi connectivity index (χ3n) is 4.14. The van der Waals surface area contributed by atoms with Crippen molar-refractivity contribution in [2.24, 2.45) is 5.92 Å². The Morgan fingerprint density at radius 2 is 2.24 bits per heavy atom. The van der Waals surface area contributed by atoms with Crippen molar-refractivity contribution < 1.29 is 14.6 Å². The highest BCUT2D eigenvalue weighted by Gasteiger charge is 2.34. The molecule has 1 aliphatic carbocycles. The Bertz CT molecular complexity index is 609. The van der Waals surface area contributed by atoms with Crippen molar-refractivity contribution in [3.8, 4) is 6.07 Å². The van der Waals surface area contributed by atoms with Crippen LogP contribution in [-0.2, 0) is 22.4 Å². The Morgan fingerprint density at radius 3 is 3.00 bits per heavy atom. The summed E-state index contributed by atoms with van der Waals surface area (Å²) in [6.07, 6.45) is 4.11. The molecule has 1 aliphatic heterocycles. The summed E-state index contributed by atoms with van der Waals surface area (Å²) in [4.78, 5) is 15.7. The van der Waals surface area contributed by atoms with Gasteiger partial charge in [-0.2, -0.15) is 5.26 Å². The Kier molecular flexibility index (Phi) is 3.76. The van der Waals surface area contributed by atoms with E-state index in [1.807, 2.05) is 6.07 Å². The number of ether oxygens (including phenoxy) is 1. The molecule has 1 fully saturated rings. The lowest BCUT2D eigenvalue weighted by molar-refractivity contribution is -0.141. The first-order valence-corrected chi connectivity index (χ1v) is 7.19. The van der Waals surface area contributed by atoms with E-state index in [4.69, 9.17) is 4.74 Å². The largest absolute Gasteiger partial charge is 0.481 e. The molecule has 21 heavy (non-hydrogen) atoms. The first-order chi connectivity index (χ1) is 10.2. The smallest absolute Gasteiger partial charge is 0.311 e. The highest BCUT2D eigenvalue weighted by atomic mass is 16.5. The van der Waals surface area contributed by atoms with Gasteiger partial charge in [-0.15, -0.1) is 0 Å². The van der Waals surface area contributed by atoms with E-state index in [0.29, 0.717) is 18.0 Å². The molecule has 1 aromatic rings. The Labute approximate surface area is 122 Å². The molecule has 1 aromatic heterocycles. The molecular weight excluding hydrogens is 270 g/mol. The number of nitriles is 1. The molecule has 6 nitrogen and oxygen atoms in total. The van der Waals surface area contributed by atoms with E-state index in [-0.39, 0.29) is 12.6 Å². The number of aliphatic carboxylic acids is 1. The summed E-state index contributed by atoms with van der Waals surface area (Å²) >= 11 is 0. The molecule has 2 N–H and O–H groups in total. The molecule has 2 aliphatic rings. The summed E-state index contributed by atoms with van der Waals surface area (Å²) in [5.74, 6) is -1.00. The average molecular weight is 287 g/mol. The number of aromatic nitrogens is 1. The zero-order valence-electron chi connectivity index (χ0n) is 11.6. The lowest BCUT2D eigenvalue weighted by Crippen LogP contribution is -2.34. The van der Waals surface area contributed by atoms with E-state index >= 15 is 0 Å². The molecule has 2 atom stereocenters. The van der Waals surface area contributed by atoms with Crippen LogP contribution in [0.3, 0.4) is 0 Å². The fraction of sp³-hybridized carbons (Fsp3) is 0.533. The number of fused-ring (bicyclic) bond motifs is 1. The SMILES string of the molecule is N#Cc1cc2c(nc1NC1COCC1C(=O)O)CCCC2. The standard InChI is InChI=1S/C15H17N3O3/c16-6-10-5-9-3-1-2-4-12(9)17-14(10)18-13-8-21-7-11(13)15(19)20/h5,11,13H,1-4,7-8H2,(H,17,18)(H,19,20). The maximum absolute atomic E-state index is 11.2. The lowest BCUT2D eigenvalue weighted by Gasteiger charge is -2.20. The molecule has 0 amide bonds. The number of aryl methyl sites for hydroxylation is 2. The average Bonchev–Trinajstić information content (AvgIpc) is 2.95. The van der Waals surface area contributed by atoms with Crippen molar-refractivity contribution in [1.82, 2.24) is 4.98 Å². The number of hydrogen-bond acceptors (Lipinski definition) is 5. The molecular formula is C15H17N3O3. The van der Waals surface area contributed by atoms with Crippen LogP contribution in [0, 0.1) is 17.2 Å². The second kappa shape index (κ2) is 5.70. The van der Waals surface area contributed by atoms with E-state index in [2.05, 4.69) is 16.4 Å². The maximum atomic E-state index is 11.2. The minimum absolute atomic E-state index is 0.194. The monoisotopic (exact) mass is 287 g/mol. The predicted octanol–water partition coefficient (Wildman–Crippen LogP) is 1.34. The van der Waals surface area contributed by atoms with Gasteiger partial charge in [0.25, 0.3) is 0 Å². The van der Waals surface area contributed by atoms with Crippen LogP contribution in [0.2, 0.25) is 0 Å². The molecule has 1 saturated heterocycles. The summed E-state index contributed by atoms with van der Waals surface area (Å²) < 4.78 is 5.24. The van der Waals surface area contributed by atoms with E-state index in [9.17, 15) is 15.2 Å². The highest BCUT2D eigenvalue weighted by Crippen LogP contribution is 2.26. The van der Waals surface area contributed by atoms with Gasteiger partial charge in [-0.25, -0.2) is 4.98 Å². The zero-order valence-corrected chi connectivity index (χ0v) is 11.6. The predicted molar refractivity (Wildman–Crippen MR) is 74.9 cm³/mol. The zero-order chi connectivity index (χ0) is 14.8. The van der Waals surface area contributed by atoms with Crippen LogP contribution in [0.4, 0.5) is 5.82 Å². The van der Waals surface area contributed by atoms with Gasteiger partial charge < -0.3 is 15.2 Å². The van der Waals surface area contributed by atoms with Crippen LogP contribution in [0.15, 0.2) is 6.07 Å². The second-order valence-corrected chi connectivity index (χ2v) is 5.54. The quantitative estimate of drug-likeness (QED) is 0.871. The summed E-state index contributed by atoms with van der Waals surface area (Å²) in [5, 5.41) is 21.6. The summed E-state index contributed by atoms with van der Waals surface area (Å²) in [7, 11) is 0. The molecule has 110 valence electrons. The van der Waals surface area contributed by atoms with Crippen LogP contribution in [0.5, 0.6) is 0 Å². The third-order valence-corrected chi connectivity index (χ3v) is 4.14. The van der Waals surface area contributed by atoms with E-state index in [1.54, 1.807) is 0 Å². The van der Waals surface area contributed by atoms with Crippen molar-refractivity contribution in [2.45, 2.75) is 31.7 Å². The molecule has 0 radical (unpaired) electrons. The third kappa shape index (κ3) is 2.69. The van der Waals surface area contributed by atoms with E-state index in [0.717, 1.165) is 36.9 Å². The van der Waals surface area contributed by atoms with Crippen LogP contribution in [0.25, 0.3) is 0 Å². The highest BCUT2D eigenvalue weighted by molar-refractivity contribution is 5.72. The molecule has 6 heteroatoms.